The van der Waals surface area contributed by atoms with E-state index in [2.05, 4.69) is 0 Å². The van der Waals surface area contributed by atoms with Crippen molar-refractivity contribution < 1.29 is 4.11 Å². The van der Waals surface area contributed by atoms with Gasteiger partial charge in [0.15, 0.2) is 0 Å². The molecule has 1 unspecified atom stereocenters. The largest absolute Gasteiger partial charge is 0.328 e. The van der Waals surface area contributed by atoms with Crippen molar-refractivity contribution in [2.75, 3.05) is 0 Å². The van der Waals surface area contributed by atoms with Gasteiger partial charge in [0, 0.05) is 10.2 Å². The van der Waals surface area contributed by atoms with Crippen LogP contribution >= 0.6 is 0 Å². The molecule has 0 aliphatic rings. The first-order valence-electron chi connectivity index (χ1n) is 3.17. The van der Waals surface area contributed by atoms with E-state index in [9.17, 15) is 0 Å². The van der Waals surface area contributed by atoms with Gasteiger partial charge in [-0.1, -0.05) is 6.85 Å². The summed E-state index contributed by atoms with van der Waals surface area (Å²) in [5.41, 5.74) is 5.22. The third kappa shape index (κ3) is 3.96. The van der Waals surface area contributed by atoms with Gasteiger partial charge in [-0.2, -0.15) is 0 Å². The Morgan fingerprint density at radius 1 is 2.20 bits per heavy atom. The molecule has 0 aliphatic carbocycles. The summed E-state index contributed by atoms with van der Waals surface area (Å²) in [6.45, 7) is -0.166. The van der Waals surface area contributed by atoms with Crippen LogP contribution in [0.5, 0.6) is 0 Å². The van der Waals surface area contributed by atoms with Crippen molar-refractivity contribution in [1.29, 1.82) is 0 Å². The van der Waals surface area contributed by atoms with Gasteiger partial charge in [0.1, 0.15) is 0 Å². The highest BCUT2D eigenvalue weighted by molar-refractivity contribution is 4.43. The molecule has 1 atom stereocenters. The van der Waals surface area contributed by atoms with Gasteiger partial charge in [-0.25, -0.2) is 0 Å². The topological polar surface area (TPSA) is 26.0 Å². The molecular weight excluding hydrogens is 62.1 g/mol. The summed E-state index contributed by atoms with van der Waals surface area (Å²) >= 11 is 0. The lowest BCUT2D eigenvalue weighted by molar-refractivity contribution is 0.715. The molecule has 0 rings (SSSR count). The van der Waals surface area contributed by atoms with Crippen LogP contribution in [0, 0.1) is 0 Å². The molecule has 0 bridgehead atoms. The molecule has 5 heavy (non-hydrogen) atoms. The fraction of sp³-hybridized carbons (Fsp3) is 1.00. The second-order valence-corrected chi connectivity index (χ2v) is 1.18. The van der Waals surface area contributed by atoms with E-state index in [-0.39, 0.29) is 12.5 Å². The molecule has 0 spiro atoms. The van der Waals surface area contributed by atoms with E-state index in [1.54, 1.807) is 6.92 Å². The lowest BCUT2D eigenvalue weighted by atomic mass is 10.3. The van der Waals surface area contributed by atoms with Crippen molar-refractivity contribution >= 4 is 0 Å². The molecule has 0 amide bonds. The molecule has 32 valence electrons. The Bertz CT molecular complexity index is 66.2. The van der Waals surface area contributed by atoms with Gasteiger partial charge in [-0.3, -0.25) is 0 Å². The van der Waals surface area contributed by atoms with E-state index in [1.807, 2.05) is 0 Å². The van der Waals surface area contributed by atoms with Crippen molar-refractivity contribution in [3.8, 4) is 0 Å². The van der Waals surface area contributed by atoms with Gasteiger partial charge >= 0.3 is 0 Å². The molecule has 0 heterocycles. The minimum Gasteiger partial charge on any atom is -0.328 e. The summed E-state index contributed by atoms with van der Waals surface area (Å²) in [6.07, 6.45) is 0.104. The van der Waals surface area contributed by atoms with Gasteiger partial charge in [-0.15, -0.1) is 0 Å². The van der Waals surface area contributed by atoms with Gasteiger partial charge < -0.3 is 5.73 Å². The summed E-state index contributed by atoms with van der Waals surface area (Å²) in [6, 6.07) is -0.220. The molecule has 1 nitrogen and oxygen atoms in total. The summed E-state index contributed by atoms with van der Waals surface area (Å²) in [5, 5.41) is 0. The Balaban J connectivity index is 3.39. The minimum atomic E-state index is -1.85. The maximum atomic E-state index is 6.72. The van der Waals surface area contributed by atoms with Crippen molar-refractivity contribution in [2.45, 2.75) is 26.2 Å². The van der Waals surface area contributed by atoms with Crippen molar-refractivity contribution in [1.82, 2.24) is 0 Å². The number of rotatable bonds is 1. The maximum absolute atomic E-state index is 6.72. The highest BCUT2D eigenvalue weighted by Crippen LogP contribution is 1.77. The average Bonchev–Trinajstić information content (AvgIpc) is 1.21. The first-order chi connectivity index (χ1) is 3.42. The van der Waals surface area contributed by atoms with Crippen LogP contribution in [0.15, 0.2) is 0 Å². The van der Waals surface area contributed by atoms with Crippen molar-refractivity contribution in [2.24, 2.45) is 5.73 Å². The molecular formula is C4H11N. The van der Waals surface area contributed by atoms with Gasteiger partial charge in [0.05, 0.1) is 0 Å². The van der Waals surface area contributed by atoms with Crippen LogP contribution in [-0.4, -0.2) is 6.04 Å². The maximum Gasteiger partial charge on any atom is 0.0231 e. The second-order valence-electron chi connectivity index (χ2n) is 1.18. The van der Waals surface area contributed by atoms with Gasteiger partial charge in [-0.05, 0) is 13.3 Å². The molecule has 0 saturated carbocycles. The molecule has 0 fully saturated rings. The predicted octanol–water partition coefficient (Wildman–Crippen LogP) is 0.744. The van der Waals surface area contributed by atoms with Crippen LogP contribution in [0.4, 0.5) is 0 Å². The first kappa shape index (κ1) is 1.61. The summed E-state index contributed by atoms with van der Waals surface area (Å²) in [5.74, 6) is 0. The third-order valence-electron chi connectivity index (χ3n) is 0.322. The van der Waals surface area contributed by atoms with Gasteiger partial charge in [0.2, 0.25) is 0 Å². The molecule has 0 aliphatic heterocycles. The normalized spacial score (nSPS) is 26.4. The van der Waals surface area contributed by atoms with Crippen molar-refractivity contribution in [3.63, 3.8) is 0 Å². The minimum absolute atomic E-state index is 0.104. The summed E-state index contributed by atoms with van der Waals surface area (Å²) in [4.78, 5) is 0. The molecule has 0 aromatic carbocycles. The smallest absolute Gasteiger partial charge is 0.0231 e. The number of nitrogens with two attached hydrogens (primary N) is 1. The van der Waals surface area contributed by atoms with Crippen LogP contribution in [0.1, 0.15) is 24.3 Å². The van der Waals surface area contributed by atoms with Crippen LogP contribution in [0.3, 0.4) is 0 Å². The summed E-state index contributed by atoms with van der Waals surface area (Å²) in [7, 11) is 0. The van der Waals surface area contributed by atoms with E-state index >= 15 is 0 Å². The van der Waals surface area contributed by atoms with E-state index in [1.165, 1.54) is 0 Å². The van der Waals surface area contributed by atoms with E-state index < -0.39 is 6.85 Å². The first-order valence-corrected chi connectivity index (χ1v) is 1.67. The molecule has 0 aromatic heterocycles. The Morgan fingerprint density at radius 2 is 2.80 bits per heavy atom. The zero-order chi connectivity index (χ0) is 6.78. The lowest BCUT2D eigenvalue weighted by Crippen LogP contribution is -2.11. The van der Waals surface area contributed by atoms with E-state index in [0.717, 1.165) is 0 Å². The average molecular weight is 76.2 g/mol. The molecule has 2 N–H and O–H groups in total. The molecule has 0 radical (unpaired) electrons. The Kier molecular flexibility index (Phi) is 0.711. The Labute approximate surface area is 37.4 Å². The van der Waals surface area contributed by atoms with E-state index in [4.69, 9.17) is 9.85 Å². The second kappa shape index (κ2) is 2.21. The van der Waals surface area contributed by atoms with Crippen LogP contribution in [0.25, 0.3) is 0 Å². The number of hydrogen-bond donors (Lipinski definition) is 1. The van der Waals surface area contributed by atoms with Crippen LogP contribution in [-0.2, 0) is 0 Å². The van der Waals surface area contributed by atoms with E-state index in [0.29, 0.717) is 0 Å². The molecule has 0 saturated heterocycles. The Morgan fingerprint density at radius 3 is 2.80 bits per heavy atom. The monoisotopic (exact) mass is 76.1 g/mol. The zero-order valence-corrected chi connectivity index (χ0v) is 3.36. The van der Waals surface area contributed by atoms with Gasteiger partial charge in [0.25, 0.3) is 0 Å². The Hall–Kier alpha value is -0.0400. The SMILES string of the molecule is [2H]C([2H])([2H])CC(C)N. The quantitative estimate of drug-likeness (QED) is 0.490. The highest BCUT2D eigenvalue weighted by Gasteiger charge is 1.79. The predicted molar refractivity (Wildman–Crippen MR) is 23.9 cm³/mol. The fourth-order valence-corrected chi connectivity index (χ4v) is 0. The zero-order valence-electron chi connectivity index (χ0n) is 6.36. The van der Waals surface area contributed by atoms with Crippen LogP contribution < -0.4 is 5.73 Å². The molecule has 0 aromatic rings. The fourth-order valence-electron chi connectivity index (χ4n) is 0. The third-order valence-corrected chi connectivity index (χ3v) is 0.322. The molecule has 1 heteroatoms. The highest BCUT2D eigenvalue weighted by atomic mass is 14.6. The lowest BCUT2D eigenvalue weighted by Gasteiger charge is -1.91. The standard InChI is InChI=1S/C4H11N/c1-3-4(2)5/h4H,3,5H2,1-2H3/i1D3. The number of hydrogen-bond acceptors (Lipinski definition) is 1. The summed E-state index contributed by atoms with van der Waals surface area (Å²) < 4.78 is 20.1. The van der Waals surface area contributed by atoms with Crippen molar-refractivity contribution in [3.05, 3.63) is 0 Å². The van der Waals surface area contributed by atoms with Crippen LogP contribution in [0.2, 0.25) is 0 Å².